The molecular formula is C15H15N3OS. The Labute approximate surface area is 122 Å². The first-order valence-electron chi connectivity index (χ1n) is 6.20. The molecule has 1 N–H and O–H groups in total. The summed E-state index contributed by atoms with van der Waals surface area (Å²) in [6.45, 7) is 1.85. The second-order valence-corrected chi connectivity index (χ2v) is 5.51. The van der Waals surface area contributed by atoms with Crippen LogP contribution in [0.25, 0.3) is 0 Å². The van der Waals surface area contributed by atoms with Gasteiger partial charge in [0.25, 0.3) is 5.91 Å². The van der Waals surface area contributed by atoms with Crippen LogP contribution in [0.15, 0.2) is 64.9 Å². The zero-order valence-electron chi connectivity index (χ0n) is 11.1. The van der Waals surface area contributed by atoms with Crippen molar-refractivity contribution in [2.75, 3.05) is 0 Å². The predicted octanol–water partition coefficient (Wildman–Crippen LogP) is 2.71. The maximum atomic E-state index is 11.9. The van der Waals surface area contributed by atoms with E-state index in [0.29, 0.717) is 0 Å². The largest absolute Gasteiger partial charge is 0.272 e. The number of hydrazone groups is 1. The van der Waals surface area contributed by atoms with E-state index < -0.39 is 0 Å². The summed E-state index contributed by atoms with van der Waals surface area (Å²) in [6.07, 6.45) is 4.94. The number of hydrogen-bond donors (Lipinski definition) is 1. The van der Waals surface area contributed by atoms with Gasteiger partial charge in [-0.2, -0.15) is 5.10 Å². The van der Waals surface area contributed by atoms with Crippen LogP contribution in [0, 0.1) is 0 Å². The minimum Gasteiger partial charge on any atom is -0.272 e. The van der Waals surface area contributed by atoms with Crippen LogP contribution < -0.4 is 5.43 Å². The number of thioether (sulfide) groups is 1. The number of hydrogen-bond acceptors (Lipinski definition) is 4. The smallest absolute Gasteiger partial charge is 0.253 e. The van der Waals surface area contributed by atoms with E-state index in [1.54, 1.807) is 18.6 Å². The summed E-state index contributed by atoms with van der Waals surface area (Å²) >= 11 is 1.50. The lowest BCUT2D eigenvalue weighted by molar-refractivity contribution is -0.120. The molecule has 0 spiro atoms. The third-order valence-electron chi connectivity index (χ3n) is 2.50. The molecule has 1 amide bonds. The third kappa shape index (κ3) is 4.51. The lowest BCUT2D eigenvalue weighted by Gasteiger charge is -2.08. The number of nitrogens with zero attached hydrogens (tertiary/aromatic N) is 2. The topological polar surface area (TPSA) is 54.4 Å². The molecule has 4 nitrogen and oxygen atoms in total. The van der Waals surface area contributed by atoms with E-state index in [1.807, 2.05) is 49.4 Å². The number of pyridine rings is 1. The molecule has 1 aromatic carbocycles. The lowest BCUT2D eigenvalue weighted by atomic mass is 10.3. The fourth-order valence-electron chi connectivity index (χ4n) is 1.47. The summed E-state index contributed by atoms with van der Waals surface area (Å²) in [5, 5.41) is 3.72. The van der Waals surface area contributed by atoms with Gasteiger partial charge in [0.2, 0.25) is 0 Å². The number of benzene rings is 1. The summed E-state index contributed by atoms with van der Waals surface area (Å²) < 4.78 is 0. The molecule has 0 radical (unpaired) electrons. The Kier molecular flexibility index (Phi) is 5.32. The molecule has 0 aliphatic heterocycles. The van der Waals surface area contributed by atoms with Gasteiger partial charge in [-0.05, 0) is 25.1 Å². The normalized spacial score (nSPS) is 12.2. The summed E-state index contributed by atoms with van der Waals surface area (Å²) in [7, 11) is 0. The second-order valence-electron chi connectivity index (χ2n) is 4.09. The maximum Gasteiger partial charge on any atom is 0.253 e. The Morgan fingerprint density at radius 3 is 2.80 bits per heavy atom. The average Bonchev–Trinajstić information content (AvgIpc) is 2.49. The SMILES string of the molecule is CC(Sc1ccccc1)C(=O)NN=Cc1cccnc1. The van der Waals surface area contributed by atoms with Gasteiger partial charge in [-0.15, -0.1) is 11.8 Å². The van der Waals surface area contributed by atoms with Gasteiger partial charge in [0.15, 0.2) is 0 Å². The molecule has 0 bridgehead atoms. The minimum atomic E-state index is -0.205. The van der Waals surface area contributed by atoms with Crippen molar-refractivity contribution in [1.29, 1.82) is 0 Å². The Morgan fingerprint density at radius 1 is 1.30 bits per heavy atom. The van der Waals surface area contributed by atoms with Crippen molar-refractivity contribution in [3.8, 4) is 0 Å². The van der Waals surface area contributed by atoms with Crippen LogP contribution >= 0.6 is 11.8 Å². The summed E-state index contributed by atoms with van der Waals surface area (Å²) in [6, 6.07) is 13.5. The first-order chi connectivity index (χ1) is 9.75. The highest BCUT2D eigenvalue weighted by atomic mass is 32.2. The molecule has 2 aromatic rings. The summed E-state index contributed by atoms with van der Waals surface area (Å²) in [5.41, 5.74) is 3.38. The second kappa shape index (κ2) is 7.45. The zero-order valence-corrected chi connectivity index (χ0v) is 11.9. The molecule has 20 heavy (non-hydrogen) atoms. The number of amides is 1. The van der Waals surface area contributed by atoms with Crippen molar-refractivity contribution in [2.24, 2.45) is 5.10 Å². The number of nitrogens with one attached hydrogen (secondary N) is 1. The number of carbonyl (C=O) groups is 1. The molecule has 1 unspecified atom stereocenters. The standard InChI is InChI=1S/C15H15N3OS/c1-12(20-14-7-3-2-4-8-14)15(19)18-17-11-13-6-5-9-16-10-13/h2-12H,1H3,(H,18,19). The van der Waals surface area contributed by atoms with Crippen LogP contribution in [0.2, 0.25) is 0 Å². The molecule has 1 aromatic heterocycles. The van der Waals surface area contributed by atoms with E-state index in [-0.39, 0.29) is 11.2 Å². The van der Waals surface area contributed by atoms with Crippen LogP contribution in [0.3, 0.4) is 0 Å². The van der Waals surface area contributed by atoms with Gasteiger partial charge < -0.3 is 0 Å². The fraction of sp³-hybridized carbons (Fsp3) is 0.133. The van der Waals surface area contributed by atoms with E-state index in [0.717, 1.165) is 10.5 Å². The molecule has 1 atom stereocenters. The Bertz CT molecular complexity index is 572. The van der Waals surface area contributed by atoms with Gasteiger partial charge in [0.05, 0.1) is 11.5 Å². The molecule has 2 rings (SSSR count). The van der Waals surface area contributed by atoms with Crippen molar-refractivity contribution < 1.29 is 4.79 Å². The van der Waals surface area contributed by atoms with E-state index in [1.165, 1.54) is 11.8 Å². The van der Waals surface area contributed by atoms with Crippen LogP contribution in [0.1, 0.15) is 12.5 Å². The predicted molar refractivity (Wildman–Crippen MR) is 81.7 cm³/mol. The molecule has 5 heteroatoms. The van der Waals surface area contributed by atoms with E-state index >= 15 is 0 Å². The number of rotatable bonds is 5. The maximum absolute atomic E-state index is 11.9. The molecule has 1 heterocycles. The molecule has 0 aliphatic rings. The third-order valence-corrected chi connectivity index (χ3v) is 3.61. The highest BCUT2D eigenvalue weighted by molar-refractivity contribution is 8.00. The average molecular weight is 285 g/mol. The molecule has 0 saturated carbocycles. The van der Waals surface area contributed by atoms with Crippen LogP contribution in [-0.2, 0) is 4.79 Å². The van der Waals surface area contributed by atoms with E-state index in [2.05, 4.69) is 15.5 Å². The van der Waals surface area contributed by atoms with Crippen molar-refractivity contribution in [3.63, 3.8) is 0 Å². The van der Waals surface area contributed by atoms with Gasteiger partial charge >= 0.3 is 0 Å². The van der Waals surface area contributed by atoms with Crippen molar-refractivity contribution in [1.82, 2.24) is 10.4 Å². The first kappa shape index (κ1) is 14.3. The van der Waals surface area contributed by atoms with Crippen molar-refractivity contribution in [2.45, 2.75) is 17.1 Å². The minimum absolute atomic E-state index is 0.126. The van der Waals surface area contributed by atoms with E-state index in [9.17, 15) is 4.79 Å². The Hall–Kier alpha value is -2.14. The molecule has 0 fully saturated rings. The molecule has 0 aliphatic carbocycles. The molecule has 102 valence electrons. The Balaban J connectivity index is 1.84. The monoisotopic (exact) mass is 285 g/mol. The number of carbonyl (C=O) groups excluding carboxylic acids is 1. The van der Waals surface area contributed by atoms with Gasteiger partial charge in [-0.25, -0.2) is 5.43 Å². The highest BCUT2D eigenvalue weighted by Gasteiger charge is 2.13. The van der Waals surface area contributed by atoms with Gasteiger partial charge in [-0.3, -0.25) is 9.78 Å². The van der Waals surface area contributed by atoms with Gasteiger partial charge in [0.1, 0.15) is 0 Å². The molecule has 0 saturated heterocycles. The lowest BCUT2D eigenvalue weighted by Crippen LogP contribution is -2.26. The van der Waals surface area contributed by atoms with E-state index in [4.69, 9.17) is 0 Å². The highest BCUT2D eigenvalue weighted by Crippen LogP contribution is 2.22. The van der Waals surface area contributed by atoms with Crippen molar-refractivity contribution >= 4 is 23.9 Å². The fourth-order valence-corrected chi connectivity index (χ4v) is 2.35. The first-order valence-corrected chi connectivity index (χ1v) is 7.08. The van der Waals surface area contributed by atoms with Crippen LogP contribution in [0.4, 0.5) is 0 Å². The summed E-state index contributed by atoms with van der Waals surface area (Å²) in [5.74, 6) is -0.126. The quantitative estimate of drug-likeness (QED) is 0.522. The number of aromatic nitrogens is 1. The van der Waals surface area contributed by atoms with Crippen LogP contribution in [-0.4, -0.2) is 22.4 Å². The Morgan fingerprint density at radius 2 is 2.10 bits per heavy atom. The zero-order chi connectivity index (χ0) is 14.2. The van der Waals surface area contributed by atoms with Gasteiger partial charge in [0, 0.05) is 22.9 Å². The van der Waals surface area contributed by atoms with Crippen molar-refractivity contribution in [3.05, 3.63) is 60.4 Å². The summed E-state index contributed by atoms with van der Waals surface area (Å²) in [4.78, 5) is 16.9. The molecular weight excluding hydrogens is 270 g/mol. The van der Waals surface area contributed by atoms with Crippen LogP contribution in [0.5, 0.6) is 0 Å². The van der Waals surface area contributed by atoms with Gasteiger partial charge in [-0.1, -0.05) is 24.3 Å².